The van der Waals surface area contributed by atoms with E-state index >= 15 is 0 Å². The highest BCUT2D eigenvalue weighted by Crippen LogP contribution is 2.27. The van der Waals surface area contributed by atoms with Crippen molar-refractivity contribution in [1.29, 1.82) is 0 Å². The van der Waals surface area contributed by atoms with Gasteiger partial charge < -0.3 is 19.9 Å². The molecule has 34 heavy (non-hydrogen) atoms. The van der Waals surface area contributed by atoms with Crippen LogP contribution in [0.3, 0.4) is 0 Å². The summed E-state index contributed by atoms with van der Waals surface area (Å²) in [7, 11) is 1.44. The first-order valence-corrected chi connectivity index (χ1v) is 11.7. The number of esters is 1. The lowest BCUT2D eigenvalue weighted by atomic mass is 10.0. The molecule has 0 heterocycles. The third kappa shape index (κ3) is 8.21. The number of para-hydroxylation sites is 1. The Morgan fingerprint density at radius 1 is 0.971 bits per heavy atom. The largest absolute Gasteiger partial charge is 0.507 e. The van der Waals surface area contributed by atoms with Crippen LogP contribution in [0.15, 0.2) is 42.5 Å². The molecule has 2 rings (SSSR count). The van der Waals surface area contributed by atoms with Crippen LogP contribution in [0, 0.1) is 5.92 Å². The van der Waals surface area contributed by atoms with Crippen molar-refractivity contribution < 1.29 is 29.0 Å². The zero-order valence-corrected chi connectivity index (χ0v) is 20.4. The first-order chi connectivity index (χ1) is 16.2. The van der Waals surface area contributed by atoms with Gasteiger partial charge in [0.15, 0.2) is 5.78 Å². The van der Waals surface area contributed by atoms with Gasteiger partial charge in [-0.05, 0) is 43.5 Å². The number of amides is 1. The summed E-state index contributed by atoms with van der Waals surface area (Å²) < 4.78 is 10.9. The third-order valence-electron chi connectivity index (χ3n) is 5.48. The van der Waals surface area contributed by atoms with E-state index in [9.17, 15) is 19.5 Å². The minimum Gasteiger partial charge on any atom is -0.507 e. The quantitative estimate of drug-likeness (QED) is 0.172. The van der Waals surface area contributed by atoms with E-state index in [2.05, 4.69) is 19.2 Å². The zero-order chi connectivity index (χ0) is 25.1. The number of carbonyl (C=O) groups is 3. The summed E-state index contributed by atoms with van der Waals surface area (Å²) in [6.45, 7) is 5.82. The summed E-state index contributed by atoms with van der Waals surface area (Å²) in [5.41, 5.74) is 0.805. The number of hydrogen-bond donors (Lipinski definition) is 2. The Labute approximate surface area is 201 Å². The molecule has 7 heteroatoms. The Hall–Kier alpha value is -3.35. The molecule has 1 unspecified atom stereocenters. The maximum absolute atomic E-state index is 12.7. The van der Waals surface area contributed by atoms with Crippen molar-refractivity contribution in [1.82, 2.24) is 5.32 Å². The molecule has 7 nitrogen and oxygen atoms in total. The molecular formula is C27H35NO6. The molecule has 0 bridgehead atoms. The van der Waals surface area contributed by atoms with Gasteiger partial charge in [-0.25, -0.2) is 4.79 Å². The van der Waals surface area contributed by atoms with E-state index in [0.717, 1.165) is 25.7 Å². The Bertz CT molecular complexity index is 985. The Morgan fingerprint density at radius 2 is 1.68 bits per heavy atom. The maximum atomic E-state index is 12.7. The van der Waals surface area contributed by atoms with Crippen LogP contribution in [-0.2, 0) is 9.53 Å². The van der Waals surface area contributed by atoms with E-state index in [1.165, 1.54) is 32.6 Å². The second kappa shape index (κ2) is 13.4. The first-order valence-electron chi connectivity index (χ1n) is 11.7. The maximum Gasteiger partial charge on any atom is 0.344 e. The summed E-state index contributed by atoms with van der Waals surface area (Å²) in [4.78, 5) is 37.2. The average molecular weight is 470 g/mol. The predicted octanol–water partition coefficient (Wildman–Crippen LogP) is 5.57. The molecule has 2 N–H and O–H groups in total. The van der Waals surface area contributed by atoms with Crippen LogP contribution in [0.4, 0.5) is 0 Å². The molecule has 0 saturated heterocycles. The molecule has 1 atom stereocenters. The number of rotatable bonds is 13. The van der Waals surface area contributed by atoms with Gasteiger partial charge in [0.2, 0.25) is 12.1 Å². The van der Waals surface area contributed by atoms with E-state index < -0.39 is 12.2 Å². The SMILES string of the molecule is COc1cc(C(NC(=O)CCCCCCC(C)C)OC(=O)c2ccccc2O)ccc1C(C)=O. The van der Waals surface area contributed by atoms with Gasteiger partial charge in [0.05, 0.1) is 12.7 Å². The molecule has 0 saturated carbocycles. The van der Waals surface area contributed by atoms with E-state index in [4.69, 9.17) is 9.47 Å². The fourth-order valence-electron chi connectivity index (χ4n) is 3.57. The van der Waals surface area contributed by atoms with E-state index in [0.29, 0.717) is 29.2 Å². The van der Waals surface area contributed by atoms with Crippen LogP contribution >= 0.6 is 0 Å². The molecule has 0 aliphatic heterocycles. The van der Waals surface area contributed by atoms with E-state index in [1.807, 2.05) is 0 Å². The van der Waals surface area contributed by atoms with Gasteiger partial charge in [-0.3, -0.25) is 9.59 Å². The number of hydrogen-bond acceptors (Lipinski definition) is 6. The highest BCUT2D eigenvalue weighted by atomic mass is 16.6. The lowest BCUT2D eigenvalue weighted by Gasteiger charge is -2.21. The molecule has 1 amide bonds. The molecular weight excluding hydrogens is 434 g/mol. The van der Waals surface area contributed by atoms with E-state index in [-0.39, 0.29) is 23.0 Å². The van der Waals surface area contributed by atoms with Crippen LogP contribution in [0.5, 0.6) is 11.5 Å². The van der Waals surface area contributed by atoms with Crippen LogP contribution in [0.2, 0.25) is 0 Å². The van der Waals surface area contributed by atoms with Gasteiger partial charge in [0, 0.05) is 12.0 Å². The van der Waals surface area contributed by atoms with Gasteiger partial charge in [-0.2, -0.15) is 0 Å². The molecule has 0 aromatic heterocycles. The van der Waals surface area contributed by atoms with Gasteiger partial charge in [0.1, 0.15) is 17.1 Å². The standard InChI is InChI=1S/C27H35NO6/c1-18(2)11-7-5-6-8-14-25(31)28-26(34-27(32)22-12-9-10-13-23(22)30)20-15-16-21(19(3)29)24(17-20)33-4/h9-10,12-13,15-18,26,30H,5-8,11,14H2,1-4H3,(H,28,31). The highest BCUT2D eigenvalue weighted by Gasteiger charge is 2.23. The number of benzene rings is 2. The fourth-order valence-corrected chi connectivity index (χ4v) is 3.57. The normalized spacial score (nSPS) is 11.7. The molecule has 2 aromatic carbocycles. The van der Waals surface area contributed by atoms with Crippen LogP contribution in [0.1, 0.15) is 91.8 Å². The van der Waals surface area contributed by atoms with Gasteiger partial charge in [-0.1, -0.05) is 57.7 Å². The van der Waals surface area contributed by atoms with Crippen LogP contribution < -0.4 is 10.1 Å². The topological polar surface area (TPSA) is 102 Å². The summed E-state index contributed by atoms with van der Waals surface area (Å²) in [5, 5.41) is 12.8. The Morgan fingerprint density at radius 3 is 2.32 bits per heavy atom. The number of unbranched alkanes of at least 4 members (excludes halogenated alkanes) is 3. The minimum atomic E-state index is -1.12. The molecule has 184 valence electrons. The average Bonchev–Trinajstić information content (AvgIpc) is 2.80. The number of Topliss-reactive ketones (excluding diaryl/α,β-unsaturated/α-hetero) is 1. The number of ether oxygens (including phenoxy) is 2. The monoisotopic (exact) mass is 469 g/mol. The fraction of sp³-hybridized carbons (Fsp3) is 0.444. The molecule has 0 aliphatic rings. The first kappa shape index (κ1) is 26.9. The van der Waals surface area contributed by atoms with Gasteiger partial charge in [0.25, 0.3) is 0 Å². The van der Waals surface area contributed by atoms with Crippen molar-refractivity contribution in [2.75, 3.05) is 7.11 Å². The van der Waals surface area contributed by atoms with E-state index in [1.54, 1.807) is 30.3 Å². The predicted molar refractivity (Wildman–Crippen MR) is 130 cm³/mol. The van der Waals surface area contributed by atoms with Crippen LogP contribution in [0.25, 0.3) is 0 Å². The molecule has 2 aromatic rings. The highest BCUT2D eigenvalue weighted by molar-refractivity contribution is 5.97. The third-order valence-corrected chi connectivity index (χ3v) is 5.48. The number of phenols is 1. The Balaban J connectivity index is 2.14. The van der Waals surface area contributed by atoms with Gasteiger partial charge >= 0.3 is 5.97 Å². The lowest BCUT2D eigenvalue weighted by molar-refractivity contribution is -0.124. The second-order valence-electron chi connectivity index (χ2n) is 8.73. The summed E-state index contributed by atoms with van der Waals surface area (Å²) >= 11 is 0. The van der Waals surface area contributed by atoms with Crippen molar-refractivity contribution in [3.63, 3.8) is 0 Å². The van der Waals surface area contributed by atoms with Crippen molar-refractivity contribution in [3.05, 3.63) is 59.2 Å². The molecule has 0 fully saturated rings. The molecule has 0 radical (unpaired) electrons. The summed E-state index contributed by atoms with van der Waals surface area (Å²) in [5.74, 6) is -0.446. The van der Waals surface area contributed by atoms with Crippen LogP contribution in [-0.4, -0.2) is 29.9 Å². The summed E-state index contributed by atoms with van der Waals surface area (Å²) in [6, 6.07) is 10.8. The van der Waals surface area contributed by atoms with Gasteiger partial charge in [-0.15, -0.1) is 0 Å². The lowest BCUT2D eigenvalue weighted by Crippen LogP contribution is -2.32. The summed E-state index contributed by atoms with van der Waals surface area (Å²) in [6.07, 6.45) is 4.25. The number of phenolic OH excluding ortho intramolecular Hbond substituents is 1. The second-order valence-corrected chi connectivity index (χ2v) is 8.73. The van der Waals surface area contributed by atoms with Crippen molar-refractivity contribution in [2.24, 2.45) is 5.92 Å². The number of nitrogens with one attached hydrogen (secondary N) is 1. The smallest absolute Gasteiger partial charge is 0.344 e. The van der Waals surface area contributed by atoms with Crippen molar-refractivity contribution in [3.8, 4) is 11.5 Å². The number of ketones is 1. The number of aromatic hydroxyl groups is 1. The van der Waals surface area contributed by atoms with Crippen molar-refractivity contribution >= 4 is 17.7 Å². The number of carbonyl (C=O) groups excluding carboxylic acids is 3. The van der Waals surface area contributed by atoms with Crippen molar-refractivity contribution in [2.45, 2.75) is 65.5 Å². The number of methoxy groups -OCH3 is 1. The molecule has 0 aliphatic carbocycles. The Kier molecular flexibility index (Phi) is 10.6. The minimum absolute atomic E-state index is 0.0146. The zero-order valence-electron chi connectivity index (χ0n) is 20.4. The molecule has 0 spiro atoms.